The Kier molecular flexibility index (Phi) is 3.29. The first-order valence-corrected chi connectivity index (χ1v) is 5.65. The van der Waals surface area contributed by atoms with Crippen molar-refractivity contribution in [3.05, 3.63) is 38.9 Å². The highest BCUT2D eigenvalue weighted by molar-refractivity contribution is 6.33. The molecule has 0 radical (unpaired) electrons. The van der Waals surface area contributed by atoms with Crippen molar-refractivity contribution in [2.45, 2.75) is 18.8 Å². The summed E-state index contributed by atoms with van der Waals surface area (Å²) in [5.41, 5.74) is 0.148. The Balaban J connectivity index is 2.39. The number of carbonyl (C=O) groups excluding carboxylic acids is 2. The molecule has 0 bridgehead atoms. The van der Waals surface area contributed by atoms with Crippen LogP contribution in [0.1, 0.15) is 24.3 Å². The number of hydrogen-bond donors (Lipinski definition) is 1. The molecule has 0 aromatic heterocycles. The van der Waals surface area contributed by atoms with Crippen molar-refractivity contribution in [3.8, 4) is 0 Å². The number of rotatable bonds is 2. The summed E-state index contributed by atoms with van der Waals surface area (Å²) in [6, 6.07) is 4.32. The quantitative estimate of drug-likeness (QED) is 0.503. The second kappa shape index (κ2) is 4.73. The van der Waals surface area contributed by atoms with Crippen molar-refractivity contribution < 1.29 is 14.5 Å². The van der Waals surface area contributed by atoms with E-state index in [2.05, 4.69) is 5.32 Å². The van der Waals surface area contributed by atoms with Gasteiger partial charge in [-0.15, -0.1) is 0 Å². The monoisotopic (exact) mass is 268 g/mol. The molecule has 0 saturated carbocycles. The van der Waals surface area contributed by atoms with Gasteiger partial charge in [0.15, 0.2) is 0 Å². The van der Waals surface area contributed by atoms with E-state index in [9.17, 15) is 19.7 Å². The Morgan fingerprint density at radius 1 is 1.39 bits per heavy atom. The van der Waals surface area contributed by atoms with Gasteiger partial charge in [-0.3, -0.25) is 25.0 Å². The van der Waals surface area contributed by atoms with Crippen molar-refractivity contribution in [2.24, 2.45) is 0 Å². The molecule has 1 aromatic rings. The van der Waals surface area contributed by atoms with Crippen molar-refractivity contribution in [3.63, 3.8) is 0 Å². The van der Waals surface area contributed by atoms with Crippen molar-refractivity contribution >= 4 is 29.1 Å². The second-order valence-corrected chi connectivity index (χ2v) is 4.32. The van der Waals surface area contributed by atoms with Gasteiger partial charge in [0.1, 0.15) is 5.02 Å². The lowest BCUT2D eigenvalue weighted by Gasteiger charge is -2.21. The third-order valence-electron chi connectivity index (χ3n) is 2.82. The van der Waals surface area contributed by atoms with E-state index in [0.717, 1.165) is 0 Å². The van der Waals surface area contributed by atoms with Crippen LogP contribution in [0, 0.1) is 10.1 Å². The van der Waals surface area contributed by atoms with Crippen LogP contribution in [0.4, 0.5) is 5.69 Å². The van der Waals surface area contributed by atoms with E-state index in [0.29, 0.717) is 12.0 Å². The van der Waals surface area contributed by atoms with E-state index in [4.69, 9.17) is 11.6 Å². The van der Waals surface area contributed by atoms with Crippen LogP contribution in [0.3, 0.4) is 0 Å². The molecule has 1 unspecified atom stereocenters. The van der Waals surface area contributed by atoms with Gasteiger partial charge < -0.3 is 0 Å². The summed E-state index contributed by atoms with van der Waals surface area (Å²) in [6.45, 7) is 0. The molecule has 1 saturated heterocycles. The molecular weight excluding hydrogens is 260 g/mol. The Labute approximate surface area is 107 Å². The Hall–Kier alpha value is -1.95. The smallest absolute Gasteiger partial charge is 0.288 e. The van der Waals surface area contributed by atoms with E-state index in [1.165, 1.54) is 12.1 Å². The first-order chi connectivity index (χ1) is 8.50. The summed E-state index contributed by atoms with van der Waals surface area (Å²) >= 11 is 5.93. The number of nitro groups is 1. The number of piperidine rings is 1. The van der Waals surface area contributed by atoms with Crippen LogP contribution < -0.4 is 5.32 Å². The molecule has 2 amide bonds. The van der Waals surface area contributed by atoms with E-state index in [1.807, 2.05) is 0 Å². The normalized spacial score (nSPS) is 19.5. The summed E-state index contributed by atoms with van der Waals surface area (Å²) in [5.74, 6) is -1.42. The summed E-state index contributed by atoms with van der Waals surface area (Å²) < 4.78 is 0. The molecule has 0 spiro atoms. The summed E-state index contributed by atoms with van der Waals surface area (Å²) in [4.78, 5) is 32.9. The van der Waals surface area contributed by atoms with Gasteiger partial charge in [0, 0.05) is 12.5 Å². The molecule has 7 heteroatoms. The number of carbonyl (C=O) groups is 2. The molecule has 1 fully saturated rings. The van der Waals surface area contributed by atoms with Gasteiger partial charge in [0.25, 0.3) is 5.69 Å². The SMILES string of the molecule is O=C1CCC(c2cccc([N+](=O)[O-])c2Cl)C(=O)N1. The maximum atomic E-state index is 11.7. The minimum atomic E-state index is -0.616. The maximum Gasteiger partial charge on any atom is 0.288 e. The van der Waals surface area contributed by atoms with Crippen LogP contribution in [0.2, 0.25) is 5.02 Å². The van der Waals surface area contributed by atoms with Crippen LogP contribution in [0.25, 0.3) is 0 Å². The lowest BCUT2D eigenvalue weighted by Crippen LogP contribution is -2.39. The molecule has 0 aliphatic carbocycles. The van der Waals surface area contributed by atoms with E-state index < -0.39 is 16.7 Å². The fourth-order valence-electron chi connectivity index (χ4n) is 1.94. The Morgan fingerprint density at radius 3 is 2.72 bits per heavy atom. The molecule has 2 rings (SSSR count). The molecule has 6 nitrogen and oxygen atoms in total. The highest BCUT2D eigenvalue weighted by Gasteiger charge is 2.31. The summed E-state index contributed by atoms with van der Waals surface area (Å²) in [6.07, 6.45) is 0.515. The third-order valence-corrected chi connectivity index (χ3v) is 3.23. The lowest BCUT2D eigenvalue weighted by molar-refractivity contribution is -0.384. The standard InChI is InChI=1S/C11H9ClN2O4/c12-10-6(2-1-3-8(10)14(17)18)7-4-5-9(15)13-11(7)16/h1-3,7H,4-5H2,(H,13,15,16). The first kappa shape index (κ1) is 12.5. The third kappa shape index (κ3) is 2.19. The van der Waals surface area contributed by atoms with Gasteiger partial charge >= 0.3 is 0 Å². The zero-order chi connectivity index (χ0) is 13.3. The maximum absolute atomic E-state index is 11.7. The van der Waals surface area contributed by atoms with E-state index in [-0.39, 0.29) is 23.0 Å². The van der Waals surface area contributed by atoms with Gasteiger partial charge in [0.2, 0.25) is 11.8 Å². The molecule has 1 heterocycles. The van der Waals surface area contributed by atoms with Crippen LogP contribution >= 0.6 is 11.6 Å². The number of nitrogens with one attached hydrogen (secondary N) is 1. The van der Waals surface area contributed by atoms with Crippen molar-refractivity contribution in [1.82, 2.24) is 5.32 Å². The number of imide groups is 1. The average Bonchev–Trinajstić information content (AvgIpc) is 2.30. The molecular formula is C11H9ClN2O4. The molecule has 1 atom stereocenters. The molecule has 1 N–H and O–H groups in total. The van der Waals surface area contributed by atoms with Crippen molar-refractivity contribution in [2.75, 3.05) is 0 Å². The molecule has 1 aliphatic rings. The predicted molar refractivity (Wildman–Crippen MR) is 63.2 cm³/mol. The zero-order valence-electron chi connectivity index (χ0n) is 9.18. The highest BCUT2D eigenvalue weighted by atomic mass is 35.5. The second-order valence-electron chi connectivity index (χ2n) is 3.94. The van der Waals surface area contributed by atoms with Crippen LogP contribution in [-0.4, -0.2) is 16.7 Å². The number of nitro benzene ring substituents is 1. The summed E-state index contributed by atoms with van der Waals surface area (Å²) in [7, 11) is 0. The van der Waals surface area contributed by atoms with E-state index in [1.54, 1.807) is 6.07 Å². The minimum Gasteiger partial charge on any atom is -0.296 e. The zero-order valence-corrected chi connectivity index (χ0v) is 9.94. The van der Waals surface area contributed by atoms with Gasteiger partial charge in [-0.05, 0) is 12.0 Å². The van der Waals surface area contributed by atoms with Crippen molar-refractivity contribution in [1.29, 1.82) is 0 Å². The first-order valence-electron chi connectivity index (χ1n) is 5.27. The Bertz CT molecular complexity index is 544. The number of nitrogens with zero attached hydrogens (tertiary/aromatic N) is 1. The summed E-state index contributed by atoms with van der Waals surface area (Å²) in [5, 5.41) is 12.9. The number of benzene rings is 1. The van der Waals surface area contributed by atoms with Gasteiger partial charge in [-0.25, -0.2) is 0 Å². The highest BCUT2D eigenvalue weighted by Crippen LogP contribution is 2.35. The fraction of sp³-hybridized carbons (Fsp3) is 0.273. The minimum absolute atomic E-state index is 0.0444. The van der Waals surface area contributed by atoms with Gasteiger partial charge in [-0.2, -0.15) is 0 Å². The number of amides is 2. The van der Waals surface area contributed by atoms with Crippen LogP contribution in [0.5, 0.6) is 0 Å². The topological polar surface area (TPSA) is 89.3 Å². The number of hydrogen-bond acceptors (Lipinski definition) is 4. The Morgan fingerprint density at radius 2 is 2.11 bits per heavy atom. The largest absolute Gasteiger partial charge is 0.296 e. The van der Waals surface area contributed by atoms with Crippen LogP contribution in [-0.2, 0) is 9.59 Å². The molecule has 1 aromatic carbocycles. The fourth-order valence-corrected chi connectivity index (χ4v) is 2.26. The average molecular weight is 269 g/mol. The van der Waals surface area contributed by atoms with Crippen LogP contribution in [0.15, 0.2) is 18.2 Å². The molecule has 18 heavy (non-hydrogen) atoms. The molecule has 1 aliphatic heterocycles. The van der Waals surface area contributed by atoms with E-state index >= 15 is 0 Å². The number of halogens is 1. The molecule has 94 valence electrons. The predicted octanol–water partition coefficient (Wildman–Crippen LogP) is 1.77. The van der Waals surface area contributed by atoms with Gasteiger partial charge in [0.05, 0.1) is 10.8 Å². The lowest BCUT2D eigenvalue weighted by atomic mass is 9.90. The van der Waals surface area contributed by atoms with Gasteiger partial charge in [-0.1, -0.05) is 23.7 Å².